The molecule has 0 rings (SSSR count). The molecule has 6 heteroatoms. The molecule has 0 radical (unpaired) electrons. The summed E-state index contributed by atoms with van der Waals surface area (Å²) >= 11 is 0. The predicted octanol–water partition coefficient (Wildman–Crippen LogP) is 23.6. The molecule has 460 valence electrons. The first-order chi connectivity index (χ1) is 39.5. The van der Waals surface area contributed by atoms with Crippen molar-refractivity contribution in [1.82, 2.24) is 0 Å². The number of carbonyl (C=O) groups excluding carboxylic acids is 3. The number of allylic oxidation sites excluding steroid dienone is 16. The molecule has 0 aliphatic rings. The molecular formula is C74H128O6. The van der Waals surface area contributed by atoms with Crippen molar-refractivity contribution >= 4 is 17.9 Å². The van der Waals surface area contributed by atoms with Gasteiger partial charge in [-0.15, -0.1) is 0 Å². The Bertz CT molecular complexity index is 1560. The normalized spacial score (nSPS) is 12.7. The molecule has 0 saturated carbocycles. The number of rotatable bonds is 62. The summed E-state index contributed by atoms with van der Waals surface area (Å²) < 4.78 is 16.9. The molecule has 0 spiro atoms. The SMILES string of the molecule is CC/C=C\C/C=C\C/C=C\C/C=C\C/C=C\C/C=C\CCCCCCC(=O)OC(COC(=O)CCCCCCCCCCCCCC)COC(=O)CCCCCCCCCCCCCCCCC/C=C\C/C=C\CCCCCCC. The molecule has 0 aliphatic heterocycles. The van der Waals surface area contributed by atoms with Gasteiger partial charge in [0.15, 0.2) is 6.10 Å². The minimum atomic E-state index is -0.791. The summed E-state index contributed by atoms with van der Waals surface area (Å²) in [6.45, 7) is 6.53. The van der Waals surface area contributed by atoms with Crippen LogP contribution in [0.1, 0.15) is 335 Å². The van der Waals surface area contributed by atoms with Gasteiger partial charge in [0.2, 0.25) is 0 Å². The van der Waals surface area contributed by atoms with E-state index in [-0.39, 0.29) is 31.1 Å². The van der Waals surface area contributed by atoms with E-state index >= 15 is 0 Å². The van der Waals surface area contributed by atoms with E-state index in [1.165, 1.54) is 180 Å². The van der Waals surface area contributed by atoms with Gasteiger partial charge < -0.3 is 14.2 Å². The minimum Gasteiger partial charge on any atom is -0.462 e. The van der Waals surface area contributed by atoms with Gasteiger partial charge in [0.05, 0.1) is 0 Å². The molecule has 0 bridgehead atoms. The van der Waals surface area contributed by atoms with Crippen molar-refractivity contribution in [2.24, 2.45) is 0 Å². The smallest absolute Gasteiger partial charge is 0.306 e. The Labute approximate surface area is 496 Å². The summed E-state index contributed by atoms with van der Waals surface area (Å²) in [6.07, 6.45) is 91.4. The Morgan fingerprint density at radius 2 is 0.487 bits per heavy atom. The van der Waals surface area contributed by atoms with Crippen LogP contribution in [0.2, 0.25) is 0 Å². The summed E-state index contributed by atoms with van der Waals surface area (Å²) in [5.74, 6) is -0.896. The van der Waals surface area contributed by atoms with E-state index in [1.54, 1.807) is 0 Å². The standard InChI is InChI=1S/C74H128O6/c1-4-7-10-13-16-19-22-25-27-29-31-33-35-36-37-38-40-41-43-45-47-49-52-55-58-61-64-67-73(76)79-70-71(69-78-72(75)66-63-60-57-54-51-24-21-18-15-12-9-6-3)80-74(77)68-65-62-59-56-53-50-48-46-44-42-39-34-32-30-28-26-23-20-17-14-11-8-5-2/h8,11,17,20,22,25-26,28-29,31-32,34,42,44,48,50,71H,4-7,9-10,12-16,18-19,21,23-24,27,30,33,35-41,43,45-47,49,51-70H2,1-3H3/b11-8-,20-17-,25-22-,28-26-,31-29-,34-32-,44-42-,50-48-. The van der Waals surface area contributed by atoms with Crippen molar-refractivity contribution in [2.75, 3.05) is 13.2 Å². The zero-order valence-electron chi connectivity index (χ0n) is 52.8. The summed E-state index contributed by atoms with van der Waals surface area (Å²) in [4.78, 5) is 38.4. The fraction of sp³-hybridized carbons (Fsp3) is 0.743. The highest BCUT2D eigenvalue weighted by Crippen LogP contribution is 2.17. The van der Waals surface area contributed by atoms with Crippen LogP contribution in [-0.4, -0.2) is 37.2 Å². The molecule has 0 aromatic rings. The molecule has 0 aromatic carbocycles. The molecule has 0 aromatic heterocycles. The second-order valence-corrected chi connectivity index (χ2v) is 22.7. The Hall–Kier alpha value is -3.67. The molecule has 0 heterocycles. The van der Waals surface area contributed by atoms with Crippen molar-refractivity contribution in [3.63, 3.8) is 0 Å². The van der Waals surface area contributed by atoms with Crippen LogP contribution in [0.25, 0.3) is 0 Å². The molecule has 1 unspecified atom stereocenters. The average Bonchev–Trinajstić information content (AvgIpc) is 3.46. The molecule has 0 fully saturated rings. The zero-order valence-corrected chi connectivity index (χ0v) is 52.8. The van der Waals surface area contributed by atoms with Gasteiger partial charge >= 0.3 is 17.9 Å². The topological polar surface area (TPSA) is 78.9 Å². The van der Waals surface area contributed by atoms with Gasteiger partial charge in [0.1, 0.15) is 13.2 Å². The van der Waals surface area contributed by atoms with E-state index in [0.717, 1.165) is 116 Å². The zero-order chi connectivity index (χ0) is 57.8. The van der Waals surface area contributed by atoms with Crippen LogP contribution < -0.4 is 0 Å². The predicted molar refractivity (Wildman–Crippen MR) is 348 cm³/mol. The number of unbranched alkanes of at least 4 members (excludes halogenated alkanes) is 35. The third-order valence-electron chi connectivity index (χ3n) is 14.8. The summed E-state index contributed by atoms with van der Waals surface area (Å²) in [5.41, 5.74) is 0. The summed E-state index contributed by atoms with van der Waals surface area (Å²) in [6, 6.07) is 0. The van der Waals surface area contributed by atoms with E-state index in [0.29, 0.717) is 19.3 Å². The third-order valence-corrected chi connectivity index (χ3v) is 14.8. The molecular weight excluding hydrogens is 985 g/mol. The largest absolute Gasteiger partial charge is 0.462 e. The van der Waals surface area contributed by atoms with Crippen molar-refractivity contribution in [2.45, 2.75) is 341 Å². The molecule has 6 nitrogen and oxygen atoms in total. The van der Waals surface area contributed by atoms with Crippen molar-refractivity contribution in [1.29, 1.82) is 0 Å². The molecule has 0 N–H and O–H groups in total. The second-order valence-electron chi connectivity index (χ2n) is 22.7. The number of hydrogen-bond donors (Lipinski definition) is 0. The first-order valence-corrected chi connectivity index (χ1v) is 34.2. The molecule has 80 heavy (non-hydrogen) atoms. The van der Waals surface area contributed by atoms with Gasteiger partial charge in [0, 0.05) is 19.3 Å². The molecule has 0 aliphatic carbocycles. The monoisotopic (exact) mass is 1110 g/mol. The lowest BCUT2D eigenvalue weighted by Crippen LogP contribution is -2.30. The Balaban J connectivity index is 4.30. The minimum absolute atomic E-state index is 0.0850. The Morgan fingerprint density at radius 3 is 0.762 bits per heavy atom. The molecule has 0 amide bonds. The van der Waals surface area contributed by atoms with Crippen molar-refractivity contribution in [3.05, 3.63) is 97.2 Å². The van der Waals surface area contributed by atoms with E-state index < -0.39 is 6.10 Å². The summed E-state index contributed by atoms with van der Waals surface area (Å²) in [7, 11) is 0. The number of esters is 3. The fourth-order valence-electron chi connectivity index (χ4n) is 9.71. The van der Waals surface area contributed by atoms with E-state index in [9.17, 15) is 14.4 Å². The van der Waals surface area contributed by atoms with Crippen LogP contribution in [0.4, 0.5) is 0 Å². The highest BCUT2D eigenvalue weighted by molar-refractivity contribution is 5.71. The van der Waals surface area contributed by atoms with Gasteiger partial charge in [-0.2, -0.15) is 0 Å². The van der Waals surface area contributed by atoms with Crippen LogP contribution in [0, 0.1) is 0 Å². The van der Waals surface area contributed by atoms with Crippen molar-refractivity contribution < 1.29 is 28.6 Å². The maximum Gasteiger partial charge on any atom is 0.306 e. The van der Waals surface area contributed by atoms with Gasteiger partial charge in [-0.3, -0.25) is 14.4 Å². The first kappa shape index (κ1) is 76.3. The number of hydrogen-bond acceptors (Lipinski definition) is 6. The highest BCUT2D eigenvalue weighted by atomic mass is 16.6. The van der Waals surface area contributed by atoms with Gasteiger partial charge in [-0.25, -0.2) is 0 Å². The van der Waals surface area contributed by atoms with Crippen molar-refractivity contribution in [3.8, 4) is 0 Å². The maximum atomic E-state index is 12.9. The van der Waals surface area contributed by atoms with Crippen LogP contribution in [0.3, 0.4) is 0 Å². The number of ether oxygens (including phenoxy) is 3. The second kappa shape index (κ2) is 67.8. The quantitative estimate of drug-likeness (QED) is 0.0261. The van der Waals surface area contributed by atoms with E-state index in [2.05, 4.69) is 118 Å². The lowest BCUT2D eigenvalue weighted by atomic mass is 10.0. The Morgan fingerprint density at radius 1 is 0.263 bits per heavy atom. The lowest BCUT2D eigenvalue weighted by molar-refractivity contribution is -0.167. The van der Waals surface area contributed by atoms with Crippen LogP contribution in [0.15, 0.2) is 97.2 Å². The third kappa shape index (κ3) is 65.1. The van der Waals surface area contributed by atoms with Gasteiger partial charge in [-0.1, -0.05) is 311 Å². The van der Waals surface area contributed by atoms with Gasteiger partial charge in [-0.05, 0) is 103 Å². The highest BCUT2D eigenvalue weighted by Gasteiger charge is 2.19. The lowest BCUT2D eigenvalue weighted by Gasteiger charge is -2.18. The maximum absolute atomic E-state index is 12.9. The number of carbonyl (C=O) groups is 3. The van der Waals surface area contributed by atoms with Crippen LogP contribution in [-0.2, 0) is 28.6 Å². The average molecular weight is 1110 g/mol. The Kier molecular flexibility index (Phi) is 64.7. The molecule has 0 saturated heterocycles. The van der Waals surface area contributed by atoms with E-state index in [4.69, 9.17) is 14.2 Å². The first-order valence-electron chi connectivity index (χ1n) is 34.2. The summed E-state index contributed by atoms with van der Waals surface area (Å²) in [5, 5.41) is 0. The van der Waals surface area contributed by atoms with E-state index in [1.807, 2.05) is 0 Å². The van der Waals surface area contributed by atoms with Gasteiger partial charge in [0.25, 0.3) is 0 Å². The molecule has 1 atom stereocenters. The van der Waals surface area contributed by atoms with Crippen LogP contribution >= 0.6 is 0 Å². The van der Waals surface area contributed by atoms with Crippen LogP contribution in [0.5, 0.6) is 0 Å². The fourth-order valence-corrected chi connectivity index (χ4v) is 9.71.